The number of benzene rings is 1. The lowest BCUT2D eigenvalue weighted by molar-refractivity contribution is 0.198. The van der Waals surface area contributed by atoms with E-state index >= 15 is 0 Å². The number of rotatable bonds is 5. The Morgan fingerprint density at radius 3 is 2.39 bits per heavy atom. The third-order valence-electron chi connectivity index (χ3n) is 4.07. The maximum Gasteiger partial charge on any atom is 0.240 e. The summed E-state index contributed by atoms with van der Waals surface area (Å²) in [6.45, 7) is 2.57. The van der Waals surface area contributed by atoms with Gasteiger partial charge in [0.2, 0.25) is 10.0 Å². The standard InChI is InChI=1S/C17H21N3O2S/c21-23(22,17-7-2-1-3-8-17)19-15-9-12-20(13-10-15)14-16-6-4-5-11-18-16/h1-8,11,15,19H,9-10,12-14H2. The minimum absolute atomic E-state index is 0.000175. The first-order valence-electron chi connectivity index (χ1n) is 7.83. The monoisotopic (exact) mass is 331 g/mol. The molecule has 6 heteroatoms. The highest BCUT2D eigenvalue weighted by Gasteiger charge is 2.24. The summed E-state index contributed by atoms with van der Waals surface area (Å²) in [5.74, 6) is 0. The molecule has 1 aromatic carbocycles. The molecular weight excluding hydrogens is 310 g/mol. The predicted molar refractivity (Wildman–Crippen MR) is 89.3 cm³/mol. The summed E-state index contributed by atoms with van der Waals surface area (Å²) in [5, 5.41) is 0. The van der Waals surface area contributed by atoms with Gasteiger partial charge in [-0.3, -0.25) is 9.88 Å². The van der Waals surface area contributed by atoms with Crippen molar-refractivity contribution in [1.82, 2.24) is 14.6 Å². The molecule has 0 bridgehead atoms. The number of hydrogen-bond donors (Lipinski definition) is 1. The number of piperidine rings is 1. The average Bonchev–Trinajstić information content (AvgIpc) is 2.58. The molecule has 0 spiro atoms. The van der Waals surface area contributed by atoms with Crippen LogP contribution in [0.4, 0.5) is 0 Å². The Hall–Kier alpha value is -1.76. The quantitative estimate of drug-likeness (QED) is 0.910. The Labute approximate surface area is 137 Å². The molecule has 1 saturated heterocycles. The lowest BCUT2D eigenvalue weighted by Crippen LogP contribution is -2.44. The molecule has 1 aromatic heterocycles. The van der Waals surface area contributed by atoms with Crippen LogP contribution in [0.1, 0.15) is 18.5 Å². The van der Waals surface area contributed by atoms with Crippen molar-refractivity contribution in [2.24, 2.45) is 0 Å². The van der Waals surface area contributed by atoms with Crippen molar-refractivity contribution in [3.63, 3.8) is 0 Å². The smallest absolute Gasteiger partial charge is 0.240 e. The Kier molecular flexibility index (Phi) is 5.05. The van der Waals surface area contributed by atoms with Crippen LogP contribution in [-0.4, -0.2) is 37.4 Å². The maximum atomic E-state index is 12.3. The second-order valence-corrected chi connectivity index (χ2v) is 7.52. The third-order valence-corrected chi connectivity index (χ3v) is 5.61. The molecule has 0 amide bonds. The zero-order valence-corrected chi connectivity index (χ0v) is 13.7. The molecule has 0 unspecified atom stereocenters. The number of nitrogens with one attached hydrogen (secondary N) is 1. The summed E-state index contributed by atoms with van der Waals surface area (Å²) in [7, 11) is -3.42. The molecule has 3 rings (SSSR count). The number of sulfonamides is 1. The summed E-state index contributed by atoms with van der Waals surface area (Å²) in [6.07, 6.45) is 3.44. The predicted octanol–water partition coefficient (Wildman–Crippen LogP) is 2.02. The number of hydrogen-bond acceptors (Lipinski definition) is 4. The van der Waals surface area contributed by atoms with Gasteiger partial charge in [-0.25, -0.2) is 13.1 Å². The van der Waals surface area contributed by atoms with Crippen LogP contribution in [0.25, 0.3) is 0 Å². The Morgan fingerprint density at radius 2 is 1.74 bits per heavy atom. The van der Waals surface area contributed by atoms with E-state index in [0.29, 0.717) is 4.90 Å². The zero-order chi connectivity index (χ0) is 16.1. The van der Waals surface area contributed by atoms with Gasteiger partial charge in [0.25, 0.3) is 0 Å². The van der Waals surface area contributed by atoms with Crippen LogP contribution in [0.5, 0.6) is 0 Å². The highest BCUT2D eigenvalue weighted by Crippen LogP contribution is 2.16. The van der Waals surface area contributed by atoms with Gasteiger partial charge in [-0.05, 0) is 37.1 Å². The van der Waals surface area contributed by atoms with Crippen molar-refractivity contribution in [1.29, 1.82) is 0 Å². The van der Waals surface area contributed by atoms with Crippen molar-refractivity contribution in [3.8, 4) is 0 Å². The summed E-state index contributed by atoms with van der Waals surface area (Å²) in [5.41, 5.74) is 1.05. The normalized spacial score (nSPS) is 17.2. The fourth-order valence-corrected chi connectivity index (χ4v) is 4.14. The average molecular weight is 331 g/mol. The molecule has 122 valence electrons. The summed E-state index contributed by atoms with van der Waals surface area (Å²) < 4.78 is 27.5. The molecule has 1 fully saturated rings. The fourth-order valence-electron chi connectivity index (χ4n) is 2.82. The highest BCUT2D eigenvalue weighted by molar-refractivity contribution is 7.89. The van der Waals surface area contributed by atoms with Gasteiger partial charge in [0.1, 0.15) is 0 Å². The van der Waals surface area contributed by atoms with E-state index in [0.717, 1.165) is 38.2 Å². The van der Waals surface area contributed by atoms with Crippen LogP contribution in [0.3, 0.4) is 0 Å². The number of likely N-dealkylation sites (tertiary alicyclic amines) is 1. The molecule has 2 heterocycles. The highest BCUT2D eigenvalue weighted by atomic mass is 32.2. The molecule has 0 atom stereocenters. The van der Waals surface area contributed by atoms with Crippen molar-refractivity contribution in [2.45, 2.75) is 30.3 Å². The molecule has 23 heavy (non-hydrogen) atoms. The van der Waals surface area contributed by atoms with Gasteiger partial charge < -0.3 is 0 Å². The van der Waals surface area contributed by atoms with Crippen molar-refractivity contribution < 1.29 is 8.42 Å². The summed E-state index contributed by atoms with van der Waals surface area (Å²) >= 11 is 0. The van der Waals surface area contributed by atoms with E-state index in [1.54, 1.807) is 30.5 Å². The second kappa shape index (κ2) is 7.21. The van der Waals surface area contributed by atoms with Crippen LogP contribution in [0.2, 0.25) is 0 Å². The van der Waals surface area contributed by atoms with Crippen molar-refractivity contribution in [3.05, 3.63) is 60.4 Å². The lowest BCUT2D eigenvalue weighted by atomic mass is 10.1. The first-order valence-corrected chi connectivity index (χ1v) is 9.31. The largest absolute Gasteiger partial charge is 0.297 e. The molecule has 5 nitrogen and oxygen atoms in total. The van der Waals surface area contributed by atoms with Gasteiger partial charge in [0.05, 0.1) is 10.6 Å². The minimum atomic E-state index is -3.42. The first kappa shape index (κ1) is 16.1. The third kappa shape index (κ3) is 4.37. The summed E-state index contributed by atoms with van der Waals surface area (Å²) in [4.78, 5) is 6.98. The molecule has 0 saturated carbocycles. The van der Waals surface area contributed by atoms with Gasteiger partial charge in [-0.2, -0.15) is 0 Å². The van der Waals surface area contributed by atoms with E-state index < -0.39 is 10.0 Å². The van der Waals surface area contributed by atoms with Gasteiger partial charge >= 0.3 is 0 Å². The van der Waals surface area contributed by atoms with Crippen molar-refractivity contribution >= 4 is 10.0 Å². The van der Waals surface area contributed by atoms with Crippen molar-refractivity contribution in [2.75, 3.05) is 13.1 Å². The second-order valence-electron chi connectivity index (χ2n) is 5.81. The van der Waals surface area contributed by atoms with E-state index in [4.69, 9.17) is 0 Å². The van der Waals surface area contributed by atoms with Crippen LogP contribution < -0.4 is 4.72 Å². The Balaban J connectivity index is 1.53. The Bertz CT molecular complexity index is 712. The maximum absolute atomic E-state index is 12.3. The van der Waals surface area contributed by atoms with E-state index in [9.17, 15) is 8.42 Å². The van der Waals surface area contributed by atoms with Gasteiger partial charge in [-0.1, -0.05) is 24.3 Å². The number of aromatic nitrogens is 1. The number of nitrogens with zero attached hydrogens (tertiary/aromatic N) is 2. The fraction of sp³-hybridized carbons (Fsp3) is 0.353. The van der Waals surface area contributed by atoms with E-state index in [1.165, 1.54) is 0 Å². The van der Waals surface area contributed by atoms with Gasteiger partial charge in [0.15, 0.2) is 0 Å². The topological polar surface area (TPSA) is 62.3 Å². The molecule has 0 aliphatic carbocycles. The van der Waals surface area contributed by atoms with Crippen LogP contribution in [0.15, 0.2) is 59.6 Å². The van der Waals surface area contributed by atoms with Crippen LogP contribution >= 0.6 is 0 Å². The molecule has 2 aromatic rings. The molecule has 0 radical (unpaired) electrons. The molecule has 1 aliphatic heterocycles. The van der Waals surface area contributed by atoms with Gasteiger partial charge in [0, 0.05) is 31.9 Å². The van der Waals surface area contributed by atoms with E-state index in [2.05, 4.69) is 14.6 Å². The summed E-state index contributed by atoms with van der Waals surface area (Å²) in [6, 6.07) is 14.5. The molecular formula is C17H21N3O2S. The Morgan fingerprint density at radius 1 is 1.04 bits per heavy atom. The lowest BCUT2D eigenvalue weighted by Gasteiger charge is -2.31. The van der Waals surface area contributed by atoms with Crippen LogP contribution in [0, 0.1) is 0 Å². The SMILES string of the molecule is O=S(=O)(NC1CCN(Cc2ccccn2)CC1)c1ccccc1. The zero-order valence-electron chi connectivity index (χ0n) is 12.9. The first-order chi connectivity index (χ1) is 11.1. The van der Waals surface area contributed by atoms with Crippen LogP contribution in [-0.2, 0) is 16.6 Å². The molecule has 1 N–H and O–H groups in total. The minimum Gasteiger partial charge on any atom is -0.297 e. The number of pyridine rings is 1. The van der Waals surface area contributed by atoms with E-state index in [1.807, 2.05) is 24.3 Å². The van der Waals surface area contributed by atoms with Gasteiger partial charge in [-0.15, -0.1) is 0 Å². The van der Waals surface area contributed by atoms with E-state index in [-0.39, 0.29) is 6.04 Å². The molecule has 1 aliphatic rings.